The number of hydrogen-bond donors (Lipinski definition) is 1. The summed E-state index contributed by atoms with van der Waals surface area (Å²) in [5.41, 5.74) is 3.88. The van der Waals surface area contributed by atoms with Crippen molar-refractivity contribution < 1.29 is 24.2 Å². The van der Waals surface area contributed by atoms with Gasteiger partial charge in [-0.15, -0.1) is 0 Å². The number of ketones is 1. The molecule has 4 aromatic rings. The van der Waals surface area contributed by atoms with Crippen molar-refractivity contribution in [2.45, 2.75) is 32.4 Å². The number of Topliss-reactive ketones (excluding diaryl/α,β-unsaturated/α-hetero) is 1. The van der Waals surface area contributed by atoms with E-state index < -0.39 is 17.7 Å². The zero-order valence-corrected chi connectivity index (χ0v) is 22.3. The summed E-state index contributed by atoms with van der Waals surface area (Å²) < 4.78 is 12.3. The monoisotopic (exact) mass is 538 g/mol. The van der Waals surface area contributed by atoms with Crippen LogP contribution in [0, 0.1) is 6.92 Å². The van der Waals surface area contributed by atoms with Crippen molar-refractivity contribution >= 4 is 44.1 Å². The number of rotatable bonds is 6. The highest BCUT2D eigenvalue weighted by Gasteiger charge is 2.48. The molecule has 3 aromatic carbocycles. The average Bonchev–Trinajstić information content (AvgIpc) is 3.59. The fourth-order valence-corrected chi connectivity index (χ4v) is 6.18. The van der Waals surface area contributed by atoms with Crippen LogP contribution in [0.15, 0.2) is 78.9 Å². The summed E-state index contributed by atoms with van der Waals surface area (Å²) in [5.74, 6) is -0.339. The number of aliphatic hydroxyl groups is 1. The van der Waals surface area contributed by atoms with E-state index in [-0.39, 0.29) is 17.4 Å². The first-order chi connectivity index (χ1) is 18.8. The lowest BCUT2D eigenvalue weighted by atomic mass is 9.94. The fourth-order valence-electron chi connectivity index (χ4n) is 5.09. The summed E-state index contributed by atoms with van der Waals surface area (Å²) in [4.78, 5) is 33.2. The van der Waals surface area contributed by atoms with Crippen molar-refractivity contribution in [2.75, 3.05) is 11.5 Å². The van der Waals surface area contributed by atoms with E-state index >= 15 is 0 Å². The number of thiazole rings is 1. The van der Waals surface area contributed by atoms with Gasteiger partial charge in [0.1, 0.15) is 30.0 Å². The van der Waals surface area contributed by atoms with Gasteiger partial charge in [0.15, 0.2) is 5.13 Å². The van der Waals surface area contributed by atoms with Crippen LogP contribution in [0.3, 0.4) is 0 Å². The Balaban J connectivity index is 1.50. The van der Waals surface area contributed by atoms with Gasteiger partial charge in [0.05, 0.1) is 21.8 Å². The molecule has 1 amide bonds. The highest BCUT2D eigenvalue weighted by Crippen LogP contribution is 2.45. The first-order valence-electron chi connectivity index (χ1n) is 12.7. The molecule has 196 valence electrons. The number of benzene rings is 3. The highest BCUT2D eigenvalue weighted by atomic mass is 32.1. The summed E-state index contributed by atoms with van der Waals surface area (Å²) in [6.07, 6.45) is 2.39. The molecule has 39 heavy (non-hydrogen) atoms. The molecule has 0 bridgehead atoms. The van der Waals surface area contributed by atoms with Gasteiger partial charge in [-0.05, 0) is 73.0 Å². The number of ether oxygens (including phenoxy) is 2. The first-order valence-corrected chi connectivity index (χ1v) is 13.5. The molecule has 0 unspecified atom stereocenters. The number of aryl methyl sites for hydroxylation is 1. The predicted octanol–water partition coefficient (Wildman–Crippen LogP) is 6.12. The highest BCUT2D eigenvalue weighted by molar-refractivity contribution is 7.22. The van der Waals surface area contributed by atoms with Crippen LogP contribution < -0.4 is 14.4 Å². The van der Waals surface area contributed by atoms with Crippen molar-refractivity contribution in [1.82, 2.24) is 4.98 Å². The Kier molecular flexibility index (Phi) is 6.19. The van der Waals surface area contributed by atoms with E-state index in [9.17, 15) is 14.7 Å². The summed E-state index contributed by atoms with van der Waals surface area (Å²) in [6, 6.07) is 17.5. The molecule has 6 rings (SSSR count). The number of anilines is 1. The number of aromatic nitrogens is 1. The van der Waals surface area contributed by atoms with Crippen LogP contribution in [0.4, 0.5) is 5.13 Å². The molecule has 1 fully saturated rings. The topological polar surface area (TPSA) is 89.0 Å². The van der Waals surface area contributed by atoms with Gasteiger partial charge in [-0.3, -0.25) is 14.5 Å². The second-order valence-electron chi connectivity index (χ2n) is 9.76. The van der Waals surface area contributed by atoms with E-state index in [0.29, 0.717) is 35.0 Å². The van der Waals surface area contributed by atoms with Gasteiger partial charge < -0.3 is 14.6 Å². The number of hydrogen-bond acceptors (Lipinski definition) is 7. The molecule has 1 saturated heterocycles. The van der Waals surface area contributed by atoms with Crippen LogP contribution in [0.5, 0.6) is 11.5 Å². The van der Waals surface area contributed by atoms with Crippen molar-refractivity contribution in [3.63, 3.8) is 0 Å². The maximum atomic E-state index is 13.6. The molecule has 7 nitrogen and oxygen atoms in total. The molecule has 3 heterocycles. The zero-order valence-electron chi connectivity index (χ0n) is 21.5. The molecule has 8 heteroatoms. The molecule has 2 aliphatic rings. The molecule has 0 saturated carbocycles. The van der Waals surface area contributed by atoms with Crippen molar-refractivity contribution in [1.29, 1.82) is 0 Å². The van der Waals surface area contributed by atoms with Crippen molar-refractivity contribution in [3.05, 3.63) is 101 Å². The summed E-state index contributed by atoms with van der Waals surface area (Å²) in [7, 11) is 0. The average molecular weight is 539 g/mol. The molecular weight excluding hydrogens is 512 g/mol. The Morgan fingerprint density at radius 1 is 1.18 bits per heavy atom. The third-order valence-electron chi connectivity index (χ3n) is 6.92. The third-order valence-corrected chi connectivity index (χ3v) is 7.93. The van der Waals surface area contributed by atoms with E-state index in [2.05, 4.69) is 6.58 Å². The Morgan fingerprint density at radius 3 is 2.74 bits per heavy atom. The largest absolute Gasteiger partial charge is 0.507 e. The van der Waals surface area contributed by atoms with Crippen LogP contribution in [-0.4, -0.2) is 34.5 Å². The van der Waals surface area contributed by atoms with E-state index in [1.165, 1.54) is 16.2 Å². The van der Waals surface area contributed by atoms with Gasteiger partial charge in [0.25, 0.3) is 5.78 Å². The van der Waals surface area contributed by atoms with Gasteiger partial charge in [-0.1, -0.05) is 42.2 Å². The van der Waals surface area contributed by atoms with Crippen LogP contribution in [0.1, 0.15) is 35.2 Å². The van der Waals surface area contributed by atoms with Crippen LogP contribution >= 0.6 is 11.3 Å². The molecule has 0 aliphatic carbocycles. The standard InChI is InChI=1S/C31H26N2O5S/c1-4-13-37-22-9-6-19(7-10-22)27-26(28(34)20-8-12-24-21(16-20)15-18(3)38-24)29(35)30(36)33(27)31-32-23-11-5-17(2)14-25(23)39-31/h4-12,14,16,18,27,34H,1,13,15H2,2-3H3/b28-26+/t18-,27-/m0/s1. The van der Waals surface area contributed by atoms with E-state index in [1.54, 1.807) is 42.5 Å². The van der Waals surface area contributed by atoms with Gasteiger partial charge in [0, 0.05) is 12.0 Å². The lowest BCUT2D eigenvalue weighted by Crippen LogP contribution is -2.29. The van der Waals surface area contributed by atoms with Gasteiger partial charge in [-0.25, -0.2) is 4.98 Å². The number of carbonyl (C=O) groups excluding carboxylic acids is 2. The molecule has 1 N–H and O–H groups in total. The van der Waals surface area contributed by atoms with E-state index in [0.717, 1.165) is 27.1 Å². The Hall–Kier alpha value is -4.43. The molecule has 0 spiro atoms. The molecule has 2 atom stereocenters. The third kappa shape index (κ3) is 4.36. The van der Waals surface area contributed by atoms with Crippen molar-refractivity contribution in [3.8, 4) is 11.5 Å². The number of carbonyl (C=O) groups is 2. The molecular formula is C31H26N2O5S. The second-order valence-corrected chi connectivity index (χ2v) is 10.8. The van der Waals surface area contributed by atoms with Gasteiger partial charge in [0.2, 0.25) is 0 Å². The fraction of sp³-hybridized carbons (Fsp3) is 0.194. The number of aliphatic hydroxyl groups excluding tert-OH is 1. The van der Waals surface area contributed by atoms with Gasteiger partial charge >= 0.3 is 5.91 Å². The molecule has 0 radical (unpaired) electrons. The summed E-state index contributed by atoms with van der Waals surface area (Å²) in [5, 5.41) is 11.9. The predicted molar refractivity (Wildman–Crippen MR) is 152 cm³/mol. The summed E-state index contributed by atoms with van der Waals surface area (Å²) in [6.45, 7) is 7.99. The second kappa shape index (κ2) is 9.71. The quantitative estimate of drug-likeness (QED) is 0.138. The Morgan fingerprint density at radius 2 is 1.97 bits per heavy atom. The van der Waals surface area contributed by atoms with Crippen LogP contribution in [0.25, 0.3) is 16.0 Å². The SMILES string of the molecule is C=CCOc1ccc([C@H]2/C(=C(\O)c3ccc4c(c3)C[C@H](C)O4)C(=O)C(=O)N2c2nc3ccc(C)cc3s2)cc1. The van der Waals surface area contributed by atoms with Crippen LogP contribution in [-0.2, 0) is 16.0 Å². The van der Waals surface area contributed by atoms with Crippen molar-refractivity contribution in [2.24, 2.45) is 0 Å². The minimum Gasteiger partial charge on any atom is -0.507 e. The van der Waals surface area contributed by atoms with Gasteiger partial charge in [-0.2, -0.15) is 0 Å². The first kappa shape index (κ1) is 24.9. The minimum absolute atomic E-state index is 0.0158. The maximum absolute atomic E-state index is 13.6. The normalized spacial score (nSPS) is 19.8. The number of nitrogens with zero attached hydrogens (tertiary/aromatic N) is 2. The number of amides is 1. The Bertz CT molecular complexity index is 1670. The van der Waals surface area contributed by atoms with E-state index in [4.69, 9.17) is 14.5 Å². The lowest BCUT2D eigenvalue weighted by Gasteiger charge is -2.23. The zero-order chi connectivity index (χ0) is 27.3. The Labute approximate surface area is 229 Å². The molecule has 1 aromatic heterocycles. The smallest absolute Gasteiger partial charge is 0.301 e. The number of fused-ring (bicyclic) bond motifs is 2. The summed E-state index contributed by atoms with van der Waals surface area (Å²) >= 11 is 1.34. The maximum Gasteiger partial charge on any atom is 0.301 e. The van der Waals surface area contributed by atoms with E-state index in [1.807, 2.05) is 38.1 Å². The minimum atomic E-state index is -0.872. The molecule has 2 aliphatic heterocycles. The van der Waals surface area contributed by atoms with Crippen LogP contribution in [0.2, 0.25) is 0 Å². The lowest BCUT2D eigenvalue weighted by molar-refractivity contribution is -0.132.